The highest BCUT2D eigenvalue weighted by Gasteiger charge is 2.12. The van der Waals surface area contributed by atoms with E-state index in [9.17, 15) is 9.18 Å². The van der Waals surface area contributed by atoms with Gasteiger partial charge in [-0.3, -0.25) is 0 Å². The lowest BCUT2D eigenvalue weighted by atomic mass is 10.1. The third-order valence-electron chi connectivity index (χ3n) is 2.89. The van der Waals surface area contributed by atoms with Crippen molar-refractivity contribution in [3.05, 3.63) is 70.0 Å². The fourth-order valence-corrected chi connectivity index (χ4v) is 1.92. The minimum atomic E-state index is -0.693. The molecule has 0 aliphatic carbocycles. The molecule has 0 saturated carbocycles. The normalized spacial score (nSPS) is 10.4. The van der Waals surface area contributed by atoms with E-state index in [1.54, 1.807) is 18.2 Å². The number of ether oxygens (including phenoxy) is 2. The fourth-order valence-electron chi connectivity index (χ4n) is 1.79. The second-order valence-corrected chi connectivity index (χ2v) is 4.86. The van der Waals surface area contributed by atoms with Gasteiger partial charge in [-0.25, -0.2) is 9.18 Å². The first-order chi connectivity index (χ1) is 10.1. The summed E-state index contributed by atoms with van der Waals surface area (Å²) in [5, 5.41) is 0.666. The Balaban J connectivity index is 1.93. The Labute approximate surface area is 127 Å². The molecule has 21 heavy (non-hydrogen) atoms. The summed E-state index contributed by atoms with van der Waals surface area (Å²) < 4.78 is 23.7. The number of halogens is 2. The van der Waals surface area contributed by atoms with Crippen LogP contribution in [0.4, 0.5) is 4.39 Å². The molecule has 3 nitrogen and oxygen atoms in total. The van der Waals surface area contributed by atoms with Crippen molar-refractivity contribution in [2.45, 2.75) is 13.2 Å². The summed E-state index contributed by atoms with van der Waals surface area (Å²) in [5.41, 5.74) is 1.54. The van der Waals surface area contributed by atoms with E-state index >= 15 is 0 Å². The molecule has 5 heteroatoms. The van der Waals surface area contributed by atoms with Gasteiger partial charge in [0.05, 0.1) is 25.9 Å². The summed E-state index contributed by atoms with van der Waals surface area (Å²) in [6.45, 7) is 0.651. The monoisotopic (exact) mass is 308 g/mol. The molecular weight excluding hydrogens is 295 g/mol. The van der Waals surface area contributed by atoms with E-state index in [0.717, 1.165) is 5.56 Å². The van der Waals surface area contributed by atoms with E-state index in [-0.39, 0.29) is 12.2 Å². The Morgan fingerprint density at radius 2 is 1.71 bits per heavy atom. The summed E-state index contributed by atoms with van der Waals surface area (Å²) in [6.07, 6.45) is 0. The van der Waals surface area contributed by atoms with Crippen molar-refractivity contribution in [2.75, 3.05) is 7.11 Å². The SMILES string of the molecule is COC(=O)c1ccc(COCc2ccc(Cl)cc2)cc1F. The molecule has 0 radical (unpaired) electrons. The molecule has 0 bridgehead atoms. The van der Waals surface area contributed by atoms with Gasteiger partial charge in [0.15, 0.2) is 0 Å². The number of carbonyl (C=O) groups excluding carboxylic acids is 1. The van der Waals surface area contributed by atoms with Crippen molar-refractivity contribution in [3.63, 3.8) is 0 Å². The molecule has 0 aliphatic heterocycles. The number of methoxy groups -OCH3 is 1. The first-order valence-corrected chi connectivity index (χ1v) is 6.67. The second kappa shape index (κ2) is 7.20. The molecule has 2 aromatic carbocycles. The predicted octanol–water partition coefficient (Wildman–Crippen LogP) is 3.98. The molecule has 0 unspecified atom stereocenters. The molecule has 2 aromatic rings. The topological polar surface area (TPSA) is 35.5 Å². The van der Waals surface area contributed by atoms with Crippen molar-refractivity contribution >= 4 is 17.6 Å². The van der Waals surface area contributed by atoms with Gasteiger partial charge in [0.25, 0.3) is 0 Å². The maximum Gasteiger partial charge on any atom is 0.340 e. The highest BCUT2D eigenvalue weighted by atomic mass is 35.5. The molecule has 0 heterocycles. The van der Waals surface area contributed by atoms with Crippen LogP contribution in [0.25, 0.3) is 0 Å². The van der Waals surface area contributed by atoms with Gasteiger partial charge in [-0.05, 0) is 35.4 Å². The summed E-state index contributed by atoms with van der Waals surface area (Å²) in [4.78, 5) is 11.3. The van der Waals surface area contributed by atoms with Gasteiger partial charge in [0, 0.05) is 5.02 Å². The lowest BCUT2D eigenvalue weighted by Gasteiger charge is -2.07. The zero-order chi connectivity index (χ0) is 15.2. The maximum atomic E-state index is 13.7. The number of esters is 1. The van der Waals surface area contributed by atoms with Crippen LogP contribution in [-0.2, 0) is 22.7 Å². The number of benzene rings is 2. The van der Waals surface area contributed by atoms with Crippen molar-refractivity contribution in [1.82, 2.24) is 0 Å². The van der Waals surface area contributed by atoms with E-state index in [1.165, 1.54) is 19.2 Å². The van der Waals surface area contributed by atoms with Crippen LogP contribution in [0.1, 0.15) is 21.5 Å². The minimum absolute atomic E-state index is 0.0843. The van der Waals surface area contributed by atoms with Crippen molar-refractivity contribution < 1.29 is 18.7 Å². The Morgan fingerprint density at radius 3 is 2.33 bits per heavy atom. The summed E-state index contributed by atoms with van der Waals surface area (Å²) in [7, 11) is 1.21. The number of hydrogen-bond donors (Lipinski definition) is 0. The molecule has 0 aliphatic rings. The van der Waals surface area contributed by atoms with Crippen LogP contribution < -0.4 is 0 Å². The van der Waals surface area contributed by atoms with Gasteiger partial charge >= 0.3 is 5.97 Å². The molecule has 2 rings (SSSR count). The fraction of sp³-hybridized carbons (Fsp3) is 0.188. The average molecular weight is 309 g/mol. The van der Waals surface area contributed by atoms with Gasteiger partial charge in [0.1, 0.15) is 5.82 Å². The van der Waals surface area contributed by atoms with E-state index in [0.29, 0.717) is 17.2 Å². The van der Waals surface area contributed by atoms with Crippen LogP contribution in [0.3, 0.4) is 0 Å². The molecular formula is C16H14ClFO3. The van der Waals surface area contributed by atoms with Gasteiger partial charge in [0.2, 0.25) is 0 Å². The van der Waals surface area contributed by atoms with Crippen LogP contribution in [-0.4, -0.2) is 13.1 Å². The molecule has 0 aromatic heterocycles. The molecule has 0 N–H and O–H groups in total. The number of rotatable bonds is 5. The Bertz CT molecular complexity index is 626. The zero-order valence-electron chi connectivity index (χ0n) is 11.4. The smallest absolute Gasteiger partial charge is 0.340 e. The maximum absolute atomic E-state index is 13.7. The second-order valence-electron chi connectivity index (χ2n) is 4.43. The third-order valence-corrected chi connectivity index (χ3v) is 3.14. The molecule has 0 atom stereocenters. The van der Waals surface area contributed by atoms with Crippen LogP contribution in [0.2, 0.25) is 5.02 Å². The molecule has 0 amide bonds. The quantitative estimate of drug-likeness (QED) is 0.784. The minimum Gasteiger partial charge on any atom is -0.465 e. The lowest BCUT2D eigenvalue weighted by Crippen LogP contribution is -2.05. The van der Waals surface area contributed by atoms with Crippen molar-refractivity contribution in [1.29, 1.82) is 0 Å². The summed E-state index contributed by atoms with van der Waals surface area (Å²) in [5.74, 6) is -1.31. The van der Waals surface area contributed by atoms with Crippen LogP contribution in [0.15, 0.2) is 42.5 Å². The van der Waals surface area contributed by atoms with Gasteiger partial charge < -0.3 is 9.47 Å². The molecule has 110 valence electrons. The van der Waals surface area contributed by atoms with E-state index < -0.39 is 11.8 Å². The van der Waals surface area contributed by atoms with E-state index in [4.69, 9.17) is 16.3 Å². The van der Waals surface area contributed by atoms with Crippen LogP contribution in [0, 0.1) is 5.82 Å². The molecule has 0 spiro atoms. The Morgan fingerprint density at radius 1 is 1.10 bits per heavy atom. The van der Waals surface area contributed by atoms with E-state index in [1.807, 2.05) is 12.1 Å². The lowest BCUT2D eigenvalue weighted by molar-refractivity contribution is 0.0595. The van der Waals surface area contributed by atoms with Gasteiger partial charge in [-0.2, -0.15) is 0 Å². The number of carbonyl (C=O) groups is 1. The first-order valence-electron chi connectivity index (χ1n) is 6.29. The van der Waals surface area contributed by atoms with Gasteiger partial charge in [-0.1, -0.05) is 29.8 Å². The Hall–Kier alpha value is -1.91. The first kappa shape index (κ1) is 15.5. The molecule has 0 saturated heterocycles. The van der Waals surface area contributed by atoms with E-state index in [2.05, 4.69) is 4.74 Å². The van der Waals surface area contributed by atoms with Crippen molar-refractivity contribution in [2.24, 2.45) is 0 Å². The number of hydrogen-bond acceptors (Lipinski definition) is 3. The average Bonchev–Trinajstić information content (AvgIpc) is 2.49. The summed E-state index contributed by atoms with van der Waals surface area (Å²) in [6, 6.07) is 11.6. The van der Waals surface area contributed by atoms with Gasteiger partial charge in [-0.15, -0.1) is 0 Å². The molecule has 0 fully saturated rings. The predicted molar refractivity (Wildman–Crippen MR) is 77.7 cm³/mol. The van der Waals surface area contributed by atoms with Crippen molar-refractivity contribution in [3.8, 4) is 0 Å². The van der Waals surface area contributed by atoms with Crippen LogP contribution >= 0.6 is 11.6 Å². The van der Waals surface area contributed by atoms with Crippen LogP contribution in [0.5, 0.6) is 0 Å². The largest absolute Gasteiger partial charge is 0.465 e. The Kier molecular flexibility index (Phi) is 5.31. The summed E-state index contributed by atoms with van der Waals surface area (Å²) >= 11 is 5.79. The highest BCUT2D eigenvalue weighted by molar-refractivity contribution is 6.30. The highest BCUT2D eigenvalue weighted by Crippen LogP contribution is 2.14. The zero-order valence-corrected chi connectivity index (χ0v) is 12.2. The third kappa shape index (κ3) is 4.28. The standard InChI is InChI=1S/C16H14ClFO3/c1-20-16(19)14-7-4-12(8-15(14)18)10-21-9-11-2-5-13(17)6-3-11/h2-8H,9-10H2,1H3.